The molecule has 0 aliphatic rings. The lowest BCUT2D eigenvalue weighted by Crippen LogP contribution is -2.00. The van der Waals surface area contributed by atoms with E-state index >= 15 is 0 Å². The van der Waals surface area contributed by atoms with E-state index in [-0.39, 0.29) is 16.4 Å². The van der Waals surface area contributed by atoms with Gasteiger partial charge in [-0.25, -0.2) is 9.18 Å². The first kappa shape index (κ1) is 12.9. The van der Waals surface area contributed by atoms with E-state index in [2.05, 4.69) is 0 Å². The highest BCUT2D eigenvalue weighted by atomic mass is 35.5. The molecule has 0 bridgehead atoms. The molecule has 2 nitrogen and oxygen atoms in total. The van der Waals surface area contributed by atoms with Crippen LogP contribution in [0.1, 0.15) is 10.4 Å². The first-order valence-electron chi connectivity index (χ1n) is 5.04. The molecule has 0 aliphatic carbocycles. The summed E-state index contributed by atoms with van der Waals surface area (Å²) >= 11 is 6.89. The highest BCUT2D eigenvalue weighted by Gasteiger charge is 2.16. The number of aromatic carboxylic acids is 1. The van der Waals surface area contributed by atoms with Gasteiger partial charge in [-0.3, -0.25) is 0 Å². The van der Waals surface area contributed by atoms with Crippen molar-refractivity contribution >= 4 is 29.3 Å². The van der Waals surface area contributed by atoms with Crippen molar-refractivity contribution in [2.75, 3.05) is 0 Å². The van der Waals surface area contributed by atoms with E-state index in [9.17, 15) is 9.18 Å². The topological polar surface area (TPSA) is 37.3 Å². The summed E-state index contributed by atoms with van der Waals surface area (Å²) in [5.74, 6) is -1.52. The average molecular weight is 283 g/mol. The summed E-state index contributed by atoms with van der Waals surface area (Å²) in [5.41, 5.74) is -0.00702. The lowest BCUT2D eigenvalue weighted by molar-refractivity contribution is 0.0693. The van der Waals surface area contributed by atoms with Gasteiger partial charge in [-0.2, -0.15) is 0 Å². The number of halogens is 2. The normalized spacial score (nSPS) is 10.3. The zero-order valence-corrected chi connectivity index (χ0v) is 10.6. The van der Waals surface area contributed by atoms with Gasteiger partial charge in [0.05, 0.1) is 10.6 Å². The second kappa shape index (κ2) is 5.42. The number of hydrogen-bond donors (Lipinski definition) is 1. The molecule has 0 heterocycles. The second-order valence-corrected chi connectivity index (χ2v) is 4.94. The molecular weight excluding hydrogens is 275 g/mol. The third-order valence-electron chi connectivity index (χ3n) is 2.25. The van der Waals surface area contributed by atoms with Crippen molar-refractivity contribution in [1.29, 1.82) is 0 Å². The fourth-order valence-electron chi connectivity index (χ4n) is 1.44. The minimum atomic E-state index is -1.13. The number of carbonyl (C=O) groups is 1. The lowest BCUT2D eigenvalue weighted by atomic mass is 10.2. The summed E-state index contributed by atoms with van der Waals surface area (Å²) in [6, 6.07) is 10.9. The zero-order valence-electron chi connectivity index (χ0n) is 9.06. The van der Waals surface area contributed by atoms with Gasteiger partial charge < -0.3 is 5.11 Å². The molecule has 92 valence electrons. The predicted molar refractivity (Wildman–Crippen MR) is 68.9 cm³/mol. The second-order valence-electron chi connectivity index (χ2n) is 3.45. The predicted octanol–water partition coefficient (Wildman–Crippen LogP) is 4.33. The number of hydrogen-bond acceptors (Lipinski definition) is 2. The molecule has 0 aliphatic heterocycles. The van der Waals surface area contributed by atoms with Crippen LogP contribution < -0.4 is 0 Å². The Bertz CT molecular complexity index is 601. The van der Waals surface area contributed by atoms with E-state index in [1.54, 1.807) is 30.3 Å². The molecule has 0 aromatic heterocycles. The number of rotatable bonds is 3. The quantitative estimate of drug-likeness (QED) is 0.910. The highest BCUT2D eigenvalue weighted by molar-refractivity contribution is 7.99. The van der Waals surface area contributed by atoms with Crippen molar-refractivity contribution in [3.05, 3.63) is 58.9 Å². The van der Waals surface area contributed by atoms with E-state index in [4.69, 9.17) is 16.7 Å². The molecule has 0 saturated heterocycles. The van der Waals surface area contributed by atoms with Crippen LogP contribution in [-0.4, -0.2) is 11.1 Å². The third-order valence-corrected chi connectivity index (χ3v) is 3.67. The van der Waals surface area contributed by atoms with Gasteiger partial charge in [-0.1, -0.05) is 41.6 Å². The van der Waals surface area contributed by atoms with Crippen LogP contribution in [0.5, 0.6) is 0 Å². The molecule has 0 atom stereocenters. The molecule has 2 aromatic carbocycles. The molecule has 0 spiro atoms. The molecule has 2 aromatic rings. The molecule has 5 heteroatoms. The van der Waals surface area contributed by atoms with Crippen molar-refractivity contribution < 1.29 is 14.3 Å². The van der Waals surface area contributed by atoms with Gasteiger partial charge in [0.1, 0.15) is 5.82 Å². The van der Waals surface area contributed by atoms with Crippen molar-refractivity contribution in [2.45, 2.75) is 9.79 Å². The summed E-state index contributed by atoms with van der Waals surface area (Å²) in [6.07, 6.45) is 0. The molecule has 18 heavy (non-hydrogen) atoms. The van der Waals surface area contributed by atoms with Gasteiger partial charge in [0.2, 0.25) is 0 Å². The van der Waals surface area contributed by atoms with Gasteiger partial charge in [0, 0.05) is 9.79 Å². The number of carboxylic acid groups (broad SMARTS) is 1. The number of benzene rings is 2. The summed E-state index contributed by atoms with van der Waals surface area (Å²) < 4.78 is 13.5. The van der Waals surface area contributed by atoms with Crippen LogP contribution in [0.3, 0.4) is 0 Å². The first-order chi connectivity index (χ1) is 8.59. The molecule has 0 amide bonds. The molecular formula is C13H8ClFO2S. The average Bonchev–Trinajstić information content (AvgIpc) is 2.31. The Morgan fingerprint density at radius 3 is 2.44 bits per heavy atom. The Balaban J connectivity index is 2.44. The third kappa shape index (κ3) is 2.66. The summed E-state index contributed by atoms with van der Waals surface area (Å²) in [5, 5.41) is 9.24. The fraction of sp³-hybridized carbons (Fsp3) is 0. The van der Waals surface area contributed by atoms with Gasteiger partial charge in [-0.15, -0.1) is 0 Å². The Morgan fingerprint density at radius 2 is 1.78 bits per heavy atom. The van der Waals surface area contributed by atoms with Crippen LogP contribution in [0.4, 0.5) is 4.39 Å². The van der Waals surface area contributed by atoms with E-state index < -0.39 is 5.97 Å². The van der Waals surface area contributed by atoms with Crippen LogP contribution in [0, 0.1) is 5.82 Å². The Labute approximate surface area is 112 Å². The van der Waals surface area contributed by atoms with Gasteiger partial charge in [0.15, 0.2) is 0 Å². The SMILES string of the molecule is O=C(O)c1c(Cl)cccc1Sc1ccccc1F. The van der Waals surface area contributed by atoms with Crippen molar-refractivity contribution in [3.63, 3.8) is 0 Å². The molecule has 0 fully saturated rings. The van der Waals surface area contributed by atoms with Crippen molar-refractivity contribution in [2.24, 2.45) is 0 Å². The highest BCUT2D eigenvalue weighted by Crippen LogP contribution is 2.34. The Hall–Kier alpha value is -1.52. The van der Waals surface area contributed by atoms with Gasteiger partial charge in [-0.05, 0) is 24.3 Å². The van der Waals surface area contributed by atoms with Crippen LogP contribution in [-0.2, 0) is 0 Å². The minimum Gasteiger partial charge on any atom is -0.478 e. The summed E-state index contributed by atoms with van der Waals surface area (Å²) in [7, 11) is 0. The maximum Gasteiger partial charge on any atom is 0.338 e. The zero-order chi connectivity index (χ0) is 13.1. The van der Waals surface area contributed by atoms with Crippen LogP contribution in [0.15, 0.2) is 52.3 Å². The van der Waals surface area contributed by atoms with Crippen molar-refractivity contribution in [1.82, 2.24) is 0 Å². The van der Waals surface area contributed by atoms with Gasteiger partial charge >= 0.3 is 5.97 Å². The van der Waals surface area contributed by atoms with Crippen molar-refractivity contribution in [3.8, 4) is 0 Å². The molecule has 0 radical (unpaired) electrons. The van der Waals surface area contributed by atoms with Crippen LogP contribution in [0.2, 0.25) is 5.02 Å². The van der Waals surface area contributed by atoms with Gasteiger partial charge in [0.25, 0.3) is 0 Å². The first-order valence-corrected chi connectivity index (χ1v) is 6.23. The van der Waals surface area contributed by atoms with E-state index in [1.807, 2.05) is 0 Å². The molecule has 1 N–H and O–H groups in total. The Kier molecular flexibility index (Phi) is 3.89. The molecule has 0 saturated carbocycles. The fourth-order valence-corrected chi connectivity index (χ4v) is 2.75. The summed E-state index contributed by atoms with van der Waals surface area (Å²) in [4.78, 5) is 11.9. The van der Waals surface area contributed by atoms with Crippen LogP contribution >= 0.6 is 23.4 Å². The maximum absolute atomic E-state index is 13.5. The minimum absolute atomic E-state index is 0.00702. The largest absolute Gasteiger partial charge is 0.478 e. The molecule has 0 unspecified atom stereocenters. The lowest BCUT2D eigenvalue weighted by Gasteiger charge is -2.07. The standard InChI is InChI=1S/C13H8ClFO2S/c14-8-4-3-7-11(12(8)13(16)17)18-10-6-2-1-5-9(10)15/h1-7H,(H,16,17). The van der Waals surface area contributed by atoms with Crippen LogP contribution in [0.25, 0.3) is 0 Å². The maximum atomic E-state index is 13.5. The smallest absolute Gasteiger partial charge is 0.338 e. The molecule has 2 rings (SSSR count). The van der Waals surface area contributed by atoms with E-state index in [1.165, 1.54) is 12.1 Å². The monoisotopic (exact) mass is 282 g/mol. The number of carboxylic acids is 1. The van der Waals surface area contributed by atoms with E-state index in [0.717, 1.165) is 11.8 Å². The Morgan fingerprint density at radius 1 is 1.11 bits per heavy atom. The van der Waals surface area contributed by atoms with E-state index in [0.29, 0.717) is 9.79 Å². The summed E-state index contributed by atoms with van der Waals surface area (Å²) in [6.45, 7) is 0.